The molecular weight excluding hydrogens is 236 g/mol. The predicted molar refractivity (Wildman–Crippen MR) is 77.9 cm³/mol. The number of likely N-dealkylation sites (tertiary alicyclic amines) is 1. The van der Waals surface area contributed by atoms with Gasteiger partial charge < -0.3 is 5.32 Å². The molecule has 1 aromatic rings. The summed E-state index contributed by atoms with van der Waals surface area (Å²) in [6.07, 6.45) is 2.14. The maximum Gasteiger partial charge on any atom is 0.224 e. The van der Waals surface area contributed by atoms with E-state index in [0.29, 0.717) is 0 Å². The van der Waals surface area contributed by atoms with E-state index in [4.69, 9.17) is 0 Å². The van der Waals surface area contributed by atoms with E-state index >= 15 is 0 Å². The summed E-state index contributed by atoms with van der Waals surface area (Å²) in [5.41, 5.74) is 2.64. The molecule has 1 heterocycles. The monoisotopic (exact) mass is 260 g/mol. The lowest BCUT2D eigenvalue weighted by molar-refractivity contribution is -0.126. The van der Waals surface area contributed by atoms with Crippen LogP contribution in [-0.2, 0) is 11.3 Å². The summed E-state index contributed by atoms with van der Waals surface area (Å²) in [6.45, 7) is 7.77. The Morgan fingerprint density at radius 1 is 1.47 bits per heavy atom. The topological polar surface area (TPSA) is 32.3 Å². The molecule has 104 valence electrons. The Kier molecular flexibility index (Phi) is 4.97. The first-order valence-electron chi connectivity index (χ1n) is 7.24. The fourth-order valence-electron chi connectivity index (χ4n) is 2.80. The zero-order valence-corrected chi connectivity index (χ0v) is 12.0. The molecule has 1 N–H and O–H groups in total. The molecule has 3 nitrogen and oxygen atoms in total. The van der Waals surface area contributed by atoms with Crippen molar-refractivity contribution in [3.05, 3.63) is 35.4 Å². The van der Waals surface area contributed by atoms with Crippen LogP contribution in [0.2, 0.25) is 0 Å². The second-order valence-electron chi connectivity index (χ2n) is 5.46. The molecule has 0 bridgehead atoms. The molecule has 1 fully saturated rings. The van der Waals surface area contributed by atoms with Gasteiger partial charge in [0.1, 0.15) is 0 Å². The lowest BCUT2D eigenvalue weighted by atomic mass is 9.96. The molecule has 1 saturated heterocycles. The van der Waals surface area contributed by atoms with Gasteiger partial charge in [-0.25, -0.2) is 0 Å². The summed E-state index contributed by atoms with van der Waals surface area (Å²) in [7, 11) is 0. The Morgan fingerprint density at radius 2 is 2.32 bits per heavy atom. The number of hydrogen-bond acceptors (Lipinski definition) is 2. The molecular formula is C16H24N2O. The van der Waals surface area contributed by atoms with Crippen LogP contribution in [0.15, 0.2) is 24.3 Å². The normalized spacial score (nSPS) is 20.2. The minimum Gasteiger partial charge on any atom is -0.356 e. The molecule has 1 aliphatic heterocycles. The lowest BCUT2D eigenvalue weighted by Gasteiger charge is -2.32. The Hall–Kier alpha value is -1.35. The van der Waals surface area contributed by atoms with Gasteiger partial charge in [-0.15, -0.1) is 0 Å². The summed E-state index contributed by atoms with van der Waals surface area (Å²) in [5, 5.41) is 2.94. The predicted octanol–water partition coefficient (Wildman–Crippen LogP) is 2.34. The smallest absolute Gasteiger partial charge is 0.224 e. The lowest BCUT2D eigenvalue weighted by Crippen LogP contribution is -2.42. The maximum absolute atomic E-state index is 11.9. The van der Waals surface area contributed by atoms with Gasteiger partial charge in [-0.05, 0) is 38.8 Å². The van der Waals surface area contributed by atoms with Crippen molar-refractivity contribution in [1.29, 1.82) is 0 Å². The van der Waals surface area contributed by atoms with E-state index < -0.39 is 0 Å². The number of benzene rings is 1. The van der Waals surface area contributed by atoms with Crippen LogP contribution in [0.3, 0.4) is 0 Å². The van der Waals surface area contributed by atoms with Gasteiger partial charge in [0.05, 0.1) is 5.92 Å². The summed E-state index contributed by atoms with van der Waals surface area (Å²) in [4.78, 5) is 14.3. The molecule has 3 heteroatoms. The van der Waals surface area contributed by atoms with Crippen molar-refractivity contribution >= 4 is 5.91 Å². The number of piperidine rings is 1. The third-order valence-electron chi connectivity index (χ3n) is 3.72. The van der Waals surface area contributed by atoms with Crippen molar-refractivity contribution in [2.45, 2.75) is 33.2 Å². The van der Waals surface area contributed by atoms with Gasteiger partial charge in [0, 0.05) is 19.6 Å². The van der Waals surface area contributed by atoms with Crippen molar-refractivity contribution < 1.29 is 4.79 Å². The van der Waals surface area contributed by atoms with Crippen LogP contribution in [0.4, 0.5) is 0 Å². The van der Waals surface area contributed by atoms with Gasteiger partial charge in [-0.1, -0.05) is 29.8 Å². The SMILES string of the molecule is CCNC(=O)C1CCCN(Cc2cccc(C)c2)C1. The third-order valence-corrected chi connectivity index (χ3v) is 3.72. The highest BCUT2D eigenvalue weighted by molar-refractivity contribution is 5.78. The number of carbonyl (C=O) groups excluding carboxylic acids is 1. The Morgan fingerprint density at radius 3 is 3.05 bits per heavy atom. The van der Waals surface area contributed by atoms with Gasteiger partial charge >= 0.3 is 0 Å². The number of hydrogen-bond donors (Lipinski definition) is 1. The zero-order valence-electron chi connectivity index (χ0n) is 12.0. The minimum atomic E-state index is 0.165. The summed E-state index contributed by atoms with van der Waals surface area (Å²) in [6, 6.07) is 8.63. The van der Waals surface area contributed by atoms with Crippen LogP contribution in [0.1, 0.15) is 30.9 Å². The largest absolute Gasteiger partial charge is 0.356 e. The number of amides is 1. The first kappa shape index (κ1) is 14.1. The summed E-state index contributed by atoms with van der Waals surface area (Å²) in [5.74, 6) is 0.384. The molecule has 2 rings (SSSR count). The first-order chi connectivity index (χ1) is 9.19. The Labute approximate surface area is 116 Å². The van der Waals surface area contributed by atoms with E-state index in [1.54, 1.807) is 0 Å². The first-order valence-corrected chi connectivity index (χ1v) is 7.24. The molecule has 1 amide bonds. The van der Waals surface area contributed by atoms with Crippen LogP contribution in [-0.4, -0.2) is 30.4 Å². The van der Waals surface area contributed by atoms with Gasteiger partial charge in [0.15, 0.2) is 0 Å². The zero-order chi connectivity index (χ0) is 13.7. The van der Waals surface area contributed by atoms with Gasteiger partial charge in [0.2, 0.25) is 5.91 Å². The molecule has 19 heavy (non-hydrogen) atoms. The van der Waals surface area contributed by atoms with Crippen molar-refractivity contribution in [1.82, 2.24) is 10.2 Å². The van der Waals surface area contributed by atoms with Gasteiger partial charge in [-0.2, -0.15) is 0 Å². The third kappa shape index (κ3) is 4.06. The minimum absolute atomic E-state index is 0.165. The highest BCUT2D eigenvalue weighted by Crippen LogP contribution is 2.19. The molecule has 0 spiro atoms. The Balaban J connectivity index is 1.92. The van der Waals surface area contributed by atoms with Crippen LogP contribution >= 0.6 is 0 Å². The maximum atomic E-state index is 11.9. The highest BCUT2D eigenvalue weighted by Gasteiger charge is 2.25. The van der Waals surface area contributed by atoms with Crippen molar-refractivity contribution in [3.8, 4) is 0 Å². The van der Waals surface area contributed by atoms with Crippen LogP contribution < -0.4 is 5.32 Å². The van der Waals surface area contributed by atoms with Gasteiger partial charge in [0.25, 0.3) is 0 Å². The van der Waals surface area contributed by atoms with E-state index in [9.17, 15) is 4.79 Å². The average Bonchev–Trinajstić information content (AvgIpc) is 2.39. The van der Waals surface area contributed by atoms with Crippen LogP contribution in [0.25, 0.3) is 0 Å². The number of aryl methyl sites for hydroxylation is 1. The van der Waals surface area contributed by atoms with Crippen molar-refractivity contribution in [2.75, 3.05) is 19.6 Å². The van der Waals surface area contributed by atoms with Crippen molar-refractivity contribution in [2.24, 2.45) is 5.92 Å². The number of carbonyl (C=O) groups is 1. The van der Waals surface area contributed by atoms with Crippen molar-refractivity contribution in [3.63, 3.8) is 0 Å². The van der Waals surface area contributed by atoms with E-state index in [1.807, 2.05) is 6.92 Å². The summed E-state index contributed by atoms with van der Waals surface area (Å²) < 4.78 is 0. The quantitative estimate of drug-likeness (QED) is 0.901. The second-order valence-corrected chi connectivity index (χ2v) is 5.46. The molecule has 1 atom stereocenters. The molecule has 1 aliphatic rings. The van der Waals surface area contributed by atoms with Crippen LogP contribution in [0, 0.1) is 12.8 Å². The van der Waals surface area contributed by atoms with Crippen LogP contribution in [0.5, 0.6) is 0 Å². The van der Waals surface area contributed by atoms with E-state index in [-0.39, 0.29) is 11.8 Å². The molecule has 1 unspecified atom stereocenters. The molecule has 0 aromatic heterocycles. The van der Waals surface area contributed by atoms with E-state index in [0.717, 1.165) is 39.0 Å². The van der Waals surface area contributed by atoms with Gasteiger partial charge in [-0.3, -0.25) is 9.69 Å². The fourth-order valence-corrected chi connectivity index (χ4v) is 2.80. The molecule has 0 saturated carbocycles. The van der Waals surface area contributed by atoms with E-state index in [2.05, 4.69) is 41.4 Å². The number of nitrogens with one attached hydrogen (secondary N) is 1. The molecule has 0 aliphatic carbocycles. The summed E-state index contributed by atoms with van der Waals surface area (Å²) >= 11 is 0. The standard InChI is InChI=1S/C16H24N2O/c1-3-17-16(19)15-8-5-9-18(12-15)11-14-7-4-6-13(2)10-14/h4,6-7,10,15H,3,5,8-9,11-12H2,1-2H3,(H,17,19). The molecule has 0 radical (unpaired) electrons. The van der Waals surface area contributed by atoms with E-state index in [1.165, 1.54) is 11.1 Å². The average molecular weight is 260 g/mol. The fraction of sp³-hybridized carbons (Fsp3) is 0.562. The number of nitrogens with zero attached hydrogens (tertiary/aromatic N) is 1. The highest BCUT2D eigenvalue weighted by atomic mass is 16.1. The Bertz CT molecular complexity index is 431. The molecule has 1 aromatic carbocycles. The number of rotatable bonds is 4. The second kappa shape index (κ2) is 6.71.